The van der Waals surface area contributed by atoms with E-state index in [4.69, 9.17) is 4.63 Å². The van der Waals surface area contributed by atoms with Crippen molar-refractivity contribution < 1.29 is 4.63 Å². The highest BCUT2D eigenvalue weighted by Gasteiger charge is 2.14. The Balaban J connectivity index is 1.74. The summed E-state index contributed by atoms with van der Waals surface area (Å²) in [5.41, 5.74) is 2.79. The van der Waals surface area contributed by atoms with Gasteiger partial charge in [0.2, 0.25) is 4.96 Å². The lowest BCUT2D eigenvalue weighted by atomic mass is 10.3. The average Bonchev–Trinajstić information content (AvgIpc) is 3.12. The van der Waals surface area contributed by atoms with E-state index >= 15 is 0 Å². The Kier molecular flexibility index (Phi) is 2.71. The van der Waals surface area contributed by atoms with Crippen molar-refractivity contribution in [1.29, 1.82) is 0 Å². The van der Waals surface area contributed by atoms with Crippen LogP contribution >= 0.6 is 23.1 Å². The van der Waals surface area contributed by atoms with Crippen LogP contribution in [0.25, 0.3) is 15.2 Å². The van der Waals surface area contributed by atoms with Crippen LogP contribution in [-0.4, -0.2) is 24.9 Å². The first-order chi connectivity index (χ1) is 9.83. The molecule has 0 spiro atoms. The van der Waals surface area contributed by atoms with Gasteiger partial charge in [0.15, 0.2) is 5.16 Å². The maximum absolute atomic E-state index is 4.70. The van der Waals surface area contributed by atoms with Crippen LogP contribution in [0, 0.1) is 6.92 Å². The van der Waals surface area contributed by atoms with Gasteiger partial charge in [0, 0.05) is 5.75 Å². The molecule has 0 bridgehead atoms. The number of para-hydroxylation sites is 1. The first kappa shape index (κ1) is 11.9. The SMILES string of the molecule is Cc1nonc1CSc1nnc2sc3ccccc3n12. The van der Waals surface area contributed by atoms with Gasteiger partial charge in [-0.05, 0) is 19.1 Å². The van der Waals surface area contributed by atoms with Gasteiger partial charge in [-0.15, -0.1) is 10.2 Å². The molecular formula is C12H9N5OS2. The van der Waals surface area contributed by atoms with Crippen LogP contribution < -0.4 is 0 Å². The van der Waals surface area contributed by atoms with Crippen molar-refractivity contribution in [2.24, 2.45) is 0 Å². The minimum atomic E-state index is 0.667. The molecule has 0 saturated heterocycles. The molecule has 3 heterocycles. The van der Waals surface area contributed by atoms with Gasteiger partial charge in [-0.25, -0.2) is 4.63 Å². The number of rotatable bonds is 3. The van der Waals surface area contributed by atoms with E-state index in [0.29, 0.717) is 5.75 Å². The molecule has 1 aromatic carbocycles. The molecule has 0 N–H and O–H groups in total. The number of aryl methyl sites for hydroxylation is 1. The first-order valence-electron chi connectivity index (χ1n) is 5.96. The summed E-state index contributed by atoms with van der Waals surface area (Å²) in [7, 11) is 0. The lowest BCUT2D eigenvalue weighted by molar-refractivity contribution is 0.302. The van der Waals surface area contributed by atoms with Crippen LogP contribution in [0.3, 0.4) is 0 Å². The summed E-state index contributed by atoms with van der Waals surface area (Å²) in [4.78, 5) is 0.906. The number of aromatic nitrogens is 5. The number of fused-ring (bicyclic) bond motifs is 3. The Morgan fingerprint density at radius 2 is 2.15 bits per heavy atom. The fraction of sp³-hybridized carbons (Fsp3) is 0.167. The lowest BCUT2D eigenvalue weighted by Gasteiger charge is -1.97. The molecule has 0 unspecified atom stereocenters. The first-order valence-corrected chi connectivity index (χ1v) is 7.76. The molecule has 0 atom stereocenters. The monoisotopic (exact) mass is 303 g/mol. The van der Waals surface area contributed by atoms with E-state index in [2.05, 4.69) is 37.0 Å². The van der Waals surface area contributed by atoms with Crippen molar-refractivity contribution in [3.63, 3.8) is 0 Å². The van der Waals surface area contributed by atoms with Crippen molar-refractivity contribution in [2.75, 3.05) is 0 Å². The second-order valence-corrected chi connectivity index (χ2v) is 6.21. The number of thioether (sulfide) groups is 1. The van der Waals surface area contributed by atoms with Crippen LogP contribution in [0.15, 0.2) is 34.1 Å². The Morgan fingerprint density at radius 1 is 1.25 bits per heavy atom. The number of benzene rings is 1. The summed E-state index contributed by atoms with van der Waals surface area (Å²) >= 11 is 3.22. The molecule has 4 aromatic rings. The third kappa shape index (κ3) is 1.80. The maximum atomic E-state index is 4.70. The third-order valence-electron chi connectivity index (χ3n) is 3.00. The fourth-order valence-corrected chi connectivity index (χ4v) is 3.92. The summed E-state index contributed by atoms with van der Waals surface area (Å²) in [6, 6.07) is 8.22. The van der Waals surface area contributed by atoms with Gasteiger partial charge >= 0.3 is 0 Å². The van der Waals surface area contributed by atoms with Gasteiger partial charge in [0.1, 0.15) is 11.4 Å². The van der Waals surface area contributed by atoms with Gasteiger partial charge < -0.3 is 0 Å². The highest BCUT2D eigenvalue weighted by atomic mass is 32.2. The molecule has 0 amide bonds. The number of hydrogen-bond donors (Lipinski definition) is 0. The smallest absolute Gasteiger partial charge is 0.217 e. The highest BCUT2D eigenvalue weighted by Crippen LogP contribution is 2.30. The second kappa shape index (κ2) is 4.57. The van der Waals surface area contributed by atoms with Crippen molar-refractivity contribution in [2.45, 2.75) is 17.8 Å². The second-order valence-electron chi connectivity index (χ2n) is 4.26. The van der Waals surface area contributed by atoms with Gasteiger partial charge in [-0.2, -0.15) is 0 Å². The summed E-state index contributed by atoms with van der Waals surface area (Å²) in [6.45, 7) is 1.88. The van der Waals surface area contributed by atoms with Crippen molar-refractivity contribution in [1.82, 2.24) is 24.9 Å². The molecule has 0 aliphatic heterocycles. The number of nitrogens with zero attached hydrogens (tertiary/aromatic N) is 5. The van der Waals surface area contributed by atoms with E-state index in [-0.39, 0.29) is 0 Å². The molecule has 4 rings (SSSR count). The molecule has 8 heteroatoms. The van der Waals surface area contributed by atoms with Crippen LogP contribution in [0.1, 0.15) is 11.4 Å². The maximum Gasteiger partial charge on any atom is 0.217 e. The van der Waals surface area contributed by atoms with Crippen molar-refractivity contribution >= 4 is 38.3 Å². The fourth-order valence-electron chi connectivity index (χ4n) is 1.96. The quantitative estimate of drug-likeness (QED) is 0.542. The van der Waals surface area contributed by atoms with E-state index in [1.54, 1.807) is 23.1 Å². The van der Waals surface area contributed by atoms with Crippen molar-refractivity contribution in [3.05, 3.63) is 35.7 Å². The van der Waals surface area contributed by atoms with Gasteiger partial charge in [-0.3, -0.25) is 4.40 Å². The van der Waals surface area contributed by atoms with E-state index in [1.807, 2.05) is 19.1 Å². The molecule has 100 valence electrons. The largest absolute Gasteiger partial charge is 0.260 e. The number of hydrogen-bond acceptors (Lipinski definition) is 7. The molecular weight excluding hydrogens is 294 g/mol. The molecule has 20 heavy (non-hydrogen) atoms. The Hall–Kier alpha value is -1.93. The van der Waals surface area contributed by atoms with Crippen LogP contribution in [0.5, 0.6) is 0 Å². The topological polar surface area (TPSA) is 69.1 Å². The normalized spacial score (nSPS) is 11.7. The lowest BCUT2D eigenvalue weighted by Crippen LogP contribution is -1.89. The molecule has 0 radical (unpaired) electrons. The Labute approximate surface area is 121 Å². The predicted octanol–water partition coefficient (Wildman–Crippen LogP) is 2.93. The van der Waals surface area contributed by atoms with E-state index in [1.165, 1.54) is 4.70 Å². The van der Waals surface area contributed by atoms with Gasteiger partial charge in [0.05, 0.1) is 10.2 Å². The summed E-state index contributed by atoms with van der Waals surface area (Å²) in [5, 5.41) is 17.0. The summed E-state index contributed by atoms with van der Waals surface area (Å²) in [6.07, 6.45) is 0. The zero-order valence-electron chi connectivity index (χ0n) is 10.5. The molecule has 0 aliphatic carbocycles. The van der Waals surface area contributed by atoms with E-state index < -0.39 is 0 Å². The standard InChI is InChI=1S/C12H9N5OS2/c1-7-8(16-18-15-7)6-19-11-13-14-12-17(11)9-4-2-3-5-10(9)20-12/h2-5H,6H2,1H3. The minimum absolute atomic E-state index is 0.667. The van der Waals surface area contributed by atoms with Crippen LogP contribution in [-0.2, 0) is 5.75 Å². The molecule has 0 aliphatic rings. The predicted molar refractivity (Wildman–Crippen MR) is 77.0 cm³/mol. The van der Waals surface area contributed by atoms with E-state index in [0.717, 1.165) is 27.0 Å². The van der Waals surface area contributed by atoms with Crippen LogP contribution in [0.4, 0.5) is 0 Å². The van der Waals surface area contributed by atoms with Gasteiger partial charge in [0.25, 0.3) is 0 Å². The van der Waals surface area contributed by atoms with Crippen molar-refractivity contribution in [3.8, 4) is 0 Å². The highest BCUT2D eigenvalue weighted by molar-refractivity contribution is 7.98. The average molecular weight is 303 g/mol. The van der Waals surface area contributed by atoms with Gasteiger partial charge in [-0.1, -0.05) is 45.5 Å². The third-order valence-corrected chi connectivity index (χ3v) is 4.95. The zero-order chi connectivity index (χ0) is 13.5. The van der Waals surface area contributed by atoms with Crippen LogP contribution in [0.2, 0.25) is 0 Å². The molecule has 6 nitrogen and oxygen atoms in total. The Bertz CT molecular complexity index is 894. The minimum Gasteiger partial charge on any atom is -0.260 e. The molecule has 0 fully saturated rings. The van der Waals surface area contributed by atoms with E-state index in [9.17, 15) is 0 Å². The number of thiazole rings is 1. The summed E-state index contributed by atoms with van der Waals surface area (Å²) < 4.78 is 7.99. The molecule has 3 aromatic heterocycles. The summed E-state index contributed by atoms with van der Waals surface area (Å²) in [5.74, 6) is 0.667. The Morgan fingerprint density at radius 3 is 3.00 bits per heavy atom. The zero-order valence-corrected chi connectivity index (χ0v) is 12.1. The molecule has 0 saturated carbocycles.